The topological polar surface area (TPSA) is 64.4 Å². The van der Waals surface area contributed by atoms with Crippen molar-refractivity contribution >= 4 is 5.97 Å². The maximum absolute atomic E-state index is 14.2. The van der Waals surface area contributed by atoms with E-state index in [4.69, 9.17) is 14.9 Å². The first kappa shape index (κ1) is 24.1. The molecule has 0 saturated heterocycles. The number of rotatable bonds is 9. The molecule has 0 aliphatic heterocycles. The smallest absolute Gasteiger partial charge is 0.329 e. The molecule has 1 aliphatic carbocycles. The van der Waals surface area contributed by atoms with Gasteiger partial charge in [-0.3, -0.25) is 4.68 Å². The van der Waals surface area contributed by atoms with Crippen molar-refractivity contribution in [1.29, 1.82) is 0 Å². The molecule has 0 bridgehead atoms. The fraction of sp³-hybridized carbons (Fsp3) is 0.429. The summed E-state index contributed by atoms with van der Waals surface area (Å²) in [6.45, 7) is 5.45. The Kier molecular flexibility index (Phi) is 7.78. The molecule has 1 saturated carbocycles. The Bertz CT molecular complexity index is 1100. The Balaban J connectivity index is 1.60. The monoisotopic (exact) mass is 464 g/mol. The Hall–Kier alpha value is -2.99. The van der Waals surface area contributed by atoms with Gasteiger partial charge in [0.15, 0.2) is 0 Å². The third-order valence-corrected chi connectivity index (χ3v) is 6.68. The van der Waals surface area contributed by atoms with Crippen LogP contribution in [-0.4, -0.2) is 34.1 Å². The summed E-state index contributed by atoms with van der Waals surface area (Å²) in [5, 5.41) is 13.9. The first-order valence-electron chi connectivity index (χ1n) is 12.1. The van der Waals surface area contributed by atoms with Gasteiger partial charge in [-0.25, -0.2) is 9.18 Å². The van der Waals surface area contributed by atoms with E-state index in [1.54, 1.807) is 12.1 Å². The van der Waals surface area contributed by atoms with E-state index in [1.165, 1.54) is 6.07 Å². The SMILES string of the molecule is CC(C)c1c(-c2cccc(F)c2)c(-c2ccccc2)nn1C[C@H]1CC[C@@H](COCC(=O)O)CC1. The number of hydrogen-bond donors (Lipinski definition) is 1. The zero-order chi connectivity index (χ0) is 24.1. The van der Waals surface area contributed by atoms with E-state index >= 15 is 0 Å². The number of ether oxygens (including phenoxy) is 1. The number of nitrogens with zero attached hydrogens (tertiary/aromatic N) is 2. The fourth-order valence-corrected chi connectivity index (χ4v) is 5.07. The van der Waals surface area contributed by atoms with Crippen LogP contribution in [-0.2, 0) is 16.1 Å². The molecule has 3 aromatic rings. The molecule has 180 valence electrons. The van der Waals surface area contributed by atoms with Crippen molar-refractivity contribution in [3.63, 3.8) is 0 Å². The molecule has 0 radical (unpaired) electrons. The lowest BCUT2D eigenvalue weighted by atomic mass is 9.82. The van der Waals surface area contributed by atoms with Gasteiger partial charge in [0, 0.05) is 23.4 Å². The minimum atomic E-state index is -0.920. The van der Waals surface area contributed by atoms with E-state index in [0.717, 1.165) is 60.3 Å². The quantitative estimate of drug-likeness (QED) is 0.399. The summed E-state index contributed by atoms with van der Waals surface area (Å²) in [7, 11) is 0. The van der Waals surface area contributed by atoms with Crippen LogP contribution in [0.3, 0.4) is 0 Å². The lowest BCUT2D eigenvalue weighted by Gasteiger charge is -2.29. The molecule has 34 heavy (non-hydrogen) atoms. The minimum Gasteiger partial charge on any atom is -0.480 e. The summed E-state index contributed by atoms with van der Waals surface area (Å²) in [4.78, 5) is 10.7. The van der Waals surface area contributed by atoms with Crippen LogP contribution in [0.15, 0.2) is 54.6 Å². The summed E-state index contributed by atoms with van der Waals surface area (Å²) in [5.41, 5.74) is 4.92. The molecule has 0 unspecified atom stereocenters. The highest BCUT2D eigenvalue weighted by molar-refractivity contribution is 5.83. The van der Waals surface area contributed by atoms with Gasteiger partial charge >= 0.3 is 5.97 Å². The van der Waals surface area contributed by atoms with Gasteiger partial charge in [0.1, 0.15) is 18.1 Å². The number of benzene rings is 2. The van der Waals surface area contributed by atoms with E-state index < -0.39 is 5.97 Å². The van der Waals surface area contributed by atoms with Crippen molar-refractivity contribution in [2.45, 2.75) is 52.0 Å². The van der Waals surface area contributed by atoms with Gasteiger partial charge in [-0.2, -0.15) is 5.10 Å². The molecule has 1 aromatic heterocycles. The van der Waals surface area contributed by atoms with E-state index in [1.807, 2.05) is 24.3 Å². The zero-order valence-corrected chi connectivity index (χ0v) is 19.9. The van der Waals surface area contributed by atoms with Crippen LogP contribution in [0.1, 0.15) is 51.1 Å². The second-order valence-electron chi connectivity index (χ2n) is 9.62. The van der Waals surface area contributed by atoms with Crippen molar-refractivity contribution in [2.75, 3.05) is 13.2 Å². The lowest BCUT2D eigenvalue weighted by molar-refractivity contribution is -0.142. The van der Waals surface area contributed by atoms with Gasteiger partial charge < -0.3 is 9.84 Å². The number of carbonyl (C=O) groups is 1. The third-order valence-electron chi connectivity index (χ3n) is 6.68. The average molecular weight is 465 g/mol. The molecule has 1 N–H and O–H groups in total. The summed E-state index contributed by atoms with van der Waals surface area (Å²) in [6.07, 6.45) is 4.19. The minimum absolute atomic E-state index is 0.226. The fourth-order valence-electron chi connectivity index (χ4n) is 5.07. The molecule has 0 amide bonds. The van der Waals surface area contributed by atoms with Gasteiger partial charge in [0.25, 0.3) is 0 Å². The predicted molar refractivity (Wildman–Crippen MR) is 131 cm³/mol. The second-order valence-corrected chi connectivity index (χ2v) is 9.62. The number of carboxylic acid groups (broad SMARTS) is 1. The largest absolute Gasteiger partial charge is 0.480 e. The van der Waals surface area contributed by atoms with Crippen LogP contribution in [0.5, 0.6) is 0 Å². The first-order valence-corrected chi connectivity index (χ1v) is 12.1. The van der Waals surface area contributed by atoms with Gasteiger partial charge in [0.05, 0.1) is 6.61 Å². The Morgan fingerprint density at radius 3 is 2.38 bits per heavy atom. The average Bonchev–Trinajstić information content (AvgIpc) is 3.20. The third kappa shape index (κ3) is 5.73. The number of aliphatic carboxylic acids is 1. The molecule has 0 spiro atoms. The van der Waals surface area contributed by atoms with Gasteiger partial charge in [-0.05, 0) is 61.1 Å². The molecule has 0 atom stereocenters. The molecule has 5 nitrogen and oxygen atoms in total. The van der Waals surface area contributed by atoms with Crippen LogP contribution in [0.4, 0.5) is 4.39 Å². The van der Waals surface area contributed by atoms with Gasteiger partial charge in [-0.1, -0.05) is 56.3 Å². The van der Waals surface area contributed by atoms with Crippen molar-refractivity contribution in [1.82, 2.24) is 9.78 Å². The molecule has 1 heterocycles. The first-order chi connectivity index (χ1) is 16.4. The normalized spacial score (nSPS) is 18.4. The van der Waals surface area contributed by atoms with Crippen molar-refractivity contribution in [3.05, 3.63) is 66.1 Å². The summed E-state index contributed by atoms with van der Waals surface area (Å²) in [5.74, 6) is -0.0269. The van der Waals surface area contributed by atoms with Crippen LogP contribution in [0, 0.1) is 17.7 Å². The highest BCUT2D eigenvalue weighted by Gasteiger charge is 2.27. The summed E-state index contributed by atoms with van der Waals surface area (Å²) in [6, 6.07) is 16.9. The molecule has 1 aliphatic rings. The standard InChI is InChI=1S/C28H33FN2O3/c1-19(2)28-26(23-9-6-10-24(29)15-23)27(22-7-4-3-5-8-22)30-31(28)16-20-11-13-21(14-12-20)17-34-18-25(32)33/h3-10,15,19-21H,11-14,16-18H2,1-2H3,(H,32,33)/t20-,21+. The molecular formula is C28H33FN2O3. The number of aromatic nitrogens is 2. The summed E-state index contributed by atoms with van der Waals surface area (Å²) >= 11 is 0. The van der Waals surface area contributed by atoms with Crippen molar-refractivity contribution < 1.29 is 19.0 Å². The number of carboxylic acids is 1. The summed E-state index contributed by atoms with van der Waals surface area (Å²) < 4.78 is 21.7. The van der Waals surface area contributed by atoms with E-state index in [2.05, 4.69) is 30.7 Å². The Morgan fingerprint density at radius 2 is 1.74 bits per heavy atom. The van der Waals surface area contributed by atoms with Crippen LogP contribution < -0.4 is 0 Å². The highest BCUT2D eigenvalue weighted by atomic mass is 19.1. The molecule has 6 heteroatoms. The lowest BCUT2D eigenvalue weighted by Crippen LogP contribution is -2.24. The Morgan fingerprint density at radius 1 is 1.06 bits per heavy atom. The van der Waals surface area contributed by atoms with Crippen LogP contribution in [0.2, 0.25) is 0 Å². The number of hydrogen-bond acceptors (Lipinski definition) is 3. The molecule has 2 aromatic carbocycles. The van der Waals surface area contributed by atoms with Crippen molar-refractivity contribution in [3.8, 4) is 22.4 Å². The van der Waals surface area contributed by atoms with E-state index in [0.29, 0.717) is 18.4 Å². The predicted octanol–water partition coefficient (Wildman–Crippen LogP) is 6.39. The zero-order valence-electron chi connectivity index (χ0n) is 19.9. The van der Waals surface area contributed by atoms with E-state index in [9.17, 15) is 9.18 Å². The maximum atomic E-state index is 14.2. The van der Waals surface area contributed by atoms with Gasteiger partial charge in [-0.15, -0.1) is 0 Å². The van der Waals surface area contributed by atoms with E-state index in [-0.39, 0.29) is 18.3 Å². The molecular weight excluding hydrogens is 431 g/mol. The Labute approximate surface area is 200 Å². The van der Waals surface area contributed by atoms with Gasteiger partial charge in [0.2, 0.25) is 0 Å². The van der Waals surface area contributed by atoms with Crippen molar-refractivity contribution in [2.24, 2.45) is 11.8 Å². The highest BCUT2D eigenvalue weighted by Crippen LogP contribution is 2.39. The second kappa shape index (κ2) is 11.0. The molecule has 1 fully saturated rings. The van der Waals surface area contributed by atoms with Crippen LogP contribution in [0.25, 0.3) is 22.4 Å². The maximum Gasteiger partial charge on any atom is 0.329 e. The number of halogens is 1. The van der Waals surface area contributed by atoms with Crippen LogP contribution >= 0.6 is 0 Å². The molecule has 4 rings (SSSR count).